The zero-order chi connectivity index (χ0) is 18.4. The molecule has 1 fully saturated rings. The summed E-state index contributed by atoms with van der Waals surface area (Å²) < 4.78 is 0. The fourth-order valence-electron chi connectivity index (χ4n) is 3.04. The number of halogens is 1. The summed E-state index contributed by atoms with van der Waals surface area (Å²) in [6, 6.07) is 10.0. The molecule has 2 aromatic rings. The van der Waals surface area contributed by atoms with Gasteiger partial charge in [-0.3, -0.25) is 4.98 Å². The monoisotopic (exact) mass is 372 g/mol. The lowest BCUT2D eigenvalue weighted by molar-refractivity contribution is 0.648. The van der Waals surface area contributed by atoms with E-state index in [2.05, 4.69) is 37.4 Å². The van der Waals surface area contributed by atoms with Gasteiger partial charge in [-0.2, -0.15) is 0 Å². The predicted molar refractivity (Wildman–Crippen MR) is 107 cm³/mol. The fraction of sp³-hybridized carbons (Fsp3) is 0.421. The molecule has 0 aliphatic carbocycles. The van der Waals surface area contributed by atoms with Crippen LogP contribution in [0.3, 0.4) is 0 Å². The molecule has 1 aliphatic heterocycles. The first kappa shape index (κ1) is 18.5. The van der Waals surface area contributed by atoms with E-state index in [0.29, 0.717) is 17.6 Å². The van der Waals surface area contributed by atoms with Crippen LogP contribution in [0.1, 0.15) is 24.7 Å². The molecule has 0 spiro atoms. The van der Waals surface area contributed by atoms with E-state index in [1.807, 2.05) is 37.3 Å². The van der Waals surface area contributed by atoms with Gasteiger partial charge in [0.05, 0.1) is 17.3 Å². The first-order valence-electron chi connectivity index (χ1n) is 8.98. The number of aryl methyl sites for hydroxylation is 1. The minimum Gasteiger partial charge on any atom is -0.357 e. The van der Waals surface area contributed by atoms with E-state index >= 15 is 0 Å². The van der Waals surface area contributed by atoms with Gasteiger partial charge in [0.2, 0.25) is 0 Å². The summed E-state index contributed by atoms with van der Waals surface area (Å²) in [6.45, 7) is 7.20. The lowest BCUT2D eigenvalue weighted by Crippen LogP contribution is -2.44. The average Bonchev–Trinajstić information content (AvgIpc) is 3.09. The van der Waals surface area contributed by atoms with Gasteiger partial charge in [0.1, 0.15) is 5.82 Å². The lowest BCUT2D eigenvalue weighted by Gasteiger charge is -2.20. The van der Waals surface area contributed by atoms with Gasteiger partial charge in [-0.05, 0) is 44.5 Å². The minimum absolute atomic E-state index is 0.302. The van der Waals surface area contributed by atoms with Crippen molar-refractivity contribution in [2.24, 2.45) is 4.99 Å². The fourth-order valence-corrected chi connectivity index (χ4v) is 3.28. The van der Waals surface area contributed by atoms with Gasteiger partial charge in [-0.1, -0.05) is 17.7 Å². The third kappa shape index (κ3) is 4.85. The van der Waals surface area contributed by atoms with Crippen molar-refractivity contribution in [3.8, 4) is 0 Å². The Morgan fingerprint density at radius 3 is 3.00 bits per heavy atom. The first-order chi connectivity index (χ1) is 12.7. The summed E-state index contributed by atoms with van der Waals surface area (Å²) in [6.07, 6.45) is 2.79. The molecule has 0 radical (unpaired) electrons. The van der Waals surface area contributed by atoms with Crippen LogP contribution >= 0.6 is 11.6 Å². The smallest absolute Gasteiger partial charge is 0.191 e. The number of nitrogens with one attached hydrogen (secondary N) is 2. The van der Waals surface area contributed by atoms with Crippen LogP contribution < -0.4 is 15.5 Å². The maximum atomic E-state index is 6.27. The molecule has 3 heterocycles. The molecule has 0 bridgehead atoms. The molecule has 0 saturated carbocycles. The molecule has 2 aromatic heterocycles. The zero-order valence-electron chi connectivity index (χ0n) is 15.2. The maximum absolute atomic E-state index is 6.27. The van der Waals surface area contributed by atoms with Crippen molar-refractivity contribution in [1.29, 1.82) is 0 Å². The Labute approximate surface area is 159 Å². The number of nitrogens with zero attached hydrogens (tertiary/aromatic N) is 4. The van der Waals surface area contributed by atoms with Crippen molar-refractivity contribution in [2.75, 3.05) is 24.5 Å². The van der Waals surface area contributed by atoms with Gasteiger partial charge in [-0.25, -0.2) is 9.98 Å². The SMILES string of the molecule is CCNC(=NCc1cccc(C)n1)NC1CCN(c2ncccc2Cl)C1. The van der Waals surface area contributed by atoms with Gasteiger partial charge in [0.15, 0.2) is 5.96 Å². The predicted octanol–water partition coefficient (Wildman–Crippen LogP) is 2.77. The first-order valence-corrected chi connectivity index (χ1v) is 9.36. The molecular formula is C19H25ClN6. The minimum atomic E-state index is 0.302. The van der Waals surface area contributed by atoms with Crippen molar-refractivity contribution >= 4 is 23.4 Å². The van der Waals surface area contributed by atoms with Crippen LogP contribution in [0.2, 0.25) is 5.02 Å². The summed E-state index contributed by atoms with van der Waals surface area (Å²) in [4.78, 5) is 15.8. The molecule has 1 atom stereocenters. The second-order valence-electron chi connectivity index (χ2n) is 6.35. The van der Waals surface area contributed by atoms with Crippen LogP contribution in [0.5, 0.6) is 0 Å². The zero-order valence-corrected chi connectivity index (χ0v) is 16.0. The molecule has 3 rings (SSSR count). The van der Waals surface area contributed by atoms with Gasteiger partial charge in [0.25, 0.3) is 0 Å². The molecule has 7 heteroatoms. The summed E-state index contributed by atoms with van der Waals surface area (Å²) in [5, 5.41) is 7.52. The molecule has 6 nitrogen and oxygen atoms in total. The van der Waals surface area contributed by atoms with Gasteiger partial charge < -0.3 is 15.5 Å². The standard InChI is InChI=1S/C19H25ClN6/c1-3-21-19(23-12-15-7-4-6-14(2)24-15)25-16-9-11-26(13-16)18-17(20)8-5-10-22-18/h4-8,10,16H,3,9,11-13H2,1-2H3,(H2,21,23,25). The molecule has 0 amide bonds. The number of anilines is 1. The van der Waals surface area contributed by atoms with E-state index < -0.39 is 0 Å². The summed E-state index contributed by atoms with van der Waals surface area (Å²) in [5.41, 5.74) is 1.98. The van der Waals surface area contributed by atoms with Crippen molar-refractivity contribution in [2.45, 2.75) is 32.9 Å². The average molecular weight is 373 g/mol. The summed E-state index contributed by atoms with van der Waals surface area (Å²) in [5.74, 6) is 1.67. The highest BCUT2D eigenvalue weighted by Gasteiger charge is 2.25. The third-order valence-electron chi connectivity index (χ3n) is 4.26. The Kier molecular flexibility index (Phi) is 6.28. The number of hydrogen-bond acceptors (Lipinski definition) is 4. The van der Waals surface area contributed by atoms with Crippen LogP contribution in [0, 0.1) is 6.92 Å². The van der Waals surface area contributed by atoms with Crippen LogP contribution in [-0.4, -0.2) is 41.6 Å². The molecule has 1 unspecified atom stereocenters. The Bertz CT molecular complexity index is 763. The van der Waals surface area contributed by atoms with Crippen molar-refractivity contribution in [3.63, 3.8) is 0 Å². The van der Waals surface area contributed by atoms with Gasteiger partial charge >= 0.3 is 0 Å². The Balaban J connectivity index is 1.61. The van der Waals surface area contributed by atoms with Crippen LogP contribution in [0.4, 0.5) is 5.82 Å². The highest BCUT2D eigenvalue weighted by molar-refractivity contribution is 6.32. The number of guanidine groups is 1. The normalized spacial score (nSPS) is 17.4. The topological polar surface area (TPSA) is 65.4 Å². The Hall–Kier alpha value is -2.34. The second-order valence-corrected chi connectivity index (χ2v) is 6.76. The van der Waals surface area contributed by atoms with E-state index in [9.17, 15) is 0 Å². The summed E-state index contributed by atoms with van der Waals surface area (Å²) >= 11 is 6.27. The van der Waals surface area contributed by atoms with E-state index in [1.54, 1.807) is 6.20 Å². The summed E-state index contributed by atoms with van der Waals surface area (Å²) in [7, 11) is 0. The Morgan fingerprint density at radius 2 is 2.23 bits per heavy atom. The molecule has 1 aliphatic rings. The molecule has 1 saturated heterocycles. The van der Waals surface area contributed by atoms with Crippen LogP contribution in [0.15, 0.2) is 41.5 Å². The number of aliphatic imine (C=N–C) groups is 1. The van der Waals surface area contributed by atoms with Gasteiger partial charge in [0, 0.05) is 37.6 Å². The lowest BCUT2D eigenvalue weighted by atomic mass is 10.3. The van der Waals surface area contributed by atoms with E-state index in [-0.39, 0.29) is 0 Å². The Morgan fingerprint density at radius 1 is 1.35 bits per heavy atom. The molecule has 138 valence electrons. The van der Waals surface area contributed by atoms with E-state index in [1.165, 1.54) is 0 Å². The number of hydrogen-bond donors (Lipinski definition) is 2. The number of rotatable bonds is 5. The number of aromatic nitrogens is 2. The van der Waals surface area contributed by atoms with Gasteiger partial charge in [-0.15, -0.1) is 0 Å². The molecule has 26 heavy (non-hydrogen) atoms. The van der Waals surface area contributed by atoms with Crippen LogP contribution in [0.25, 0.3) is 0 Å². The van der Waals surface area contributed by atoms with E-state index in [0.717, 1.165) is 49.2 Å². The van der Waals surface area contributed by atoms with Crippen LogP contribution in [-0.2, 0) is 6.54 Å². The maximum Gasteiger partial charge on any atom is 0.191 e. The van der Waals surface area contributed by atoms with Crippen molar-refractivity contribution < 1.29 is 0 Å². The number of pyridine rings is 2. The highest BCUT2D eigenvalue weighted by atomic mass is 35.5. The largest absolute Gasteiger partial charge is 0.357 e. The van der Waals surface area contributed by atoms with Crippen molar-refractivity contribution in [1.82, 2.24) is 20.6 Å². The highest BCUT2D eigenvalue weighted by Crippen LogP contribution is 2.25. The molecular weight excluding hydrogens is 348 g/mol. The van der Waals surface area contributed by atoms with Crippen molar-refractivity contribution in [3.05, 3.63) is 52.9 Å². The molecule has 2 N–H and O–H groups in total. The third-order valence-corrected chi connectivity index (χ3v) is 4.55. The molecule has 0 aromatic carbocycles. The quantitative estimate of drug-likeness (QED) is 0.624. The van der Waals surface area contributed by atoms with E-state index in [4.69, 9.17) is 11.6 Å². The second kappa shape index (κ2) is 8.85.